The van der Waals surface area contributed by atoms with Gasteiger partial charge in [-0.05, 0) is 95.4 Å². The van der Waals surface area contributed by atoms with Crippen LogP contribution in [0.5, 0.6) is 0 Å². The van der Waals surface area contributed by atoms with Crippen LogP contribution in [0.2, 0.25) is 0 Å². The number of aryl methyl sites for hydroxylation is 4. The molecule has 8 aromatic carbocycles. The molecule has 3 aliphatic heterocycles. The van der Waals surface area contributed by atoms with Gasteiger partial charge in [-0.15, -0.1) is 0 Å². The zero-order valence-electron chi connectivity index (χ0n) is 29.9. The van der Waals surface area contributed by atoms with Gasteiger partial charge in [0.1, 0.15) is 0 Å². The number of hydrogen-bond acceptors (Lipinski definition) is 2. The molecule has 3 aliphatic rings. The number of hydrogen-bond donors (Lipinski definition) is 0. The first-order valence-electron chi connectivity index (χ1n) is 18.5. The fourth-order valence-corrected chi connectivity index (χ4v) is 10.0. The quantitative estimate of drug-likeness (QED) is 0.173. The largest absolute Gasteiger partial charge is 0.307 e. The van der Waals surface area contributed by atoms with E-state index in [1.807, 2.05) is 0 Å². The van der Waals surface area contributed by atoms with Crippen LogP contribution in [0.1, 0.15) is 22.3 Å². The number of benzene rings is 8. The van der Waals surface area contributed by atoms with Crippen molar-refractivity contribution in [2.24, 2.45) is 0 Å². The molecule has 2 nitrogen and oxygen atoms in total. The molecule has 0 N–H and O–H groups in total. The lowest BCUT2D eigenvalue weighted by Gasteiger charge is -2.49. The summed E-state index contributed by atoms with van der Waals surface area (Å²) < 4.78 is 0. The second-order valence-corrected chi connectivity index (χ2v) is 15.1. The van der Waals surface area contributed by atoms with Crippen molar-refractivity contribution in [2.45, 2.75) is 27.7 Å². The van der Waals surface area contributed by atoms with Crippen molar-refractivity contribution in [1.29, 1.82) is 0 Å². The van der Waals surface area contributed by atoms with Crippen molar-refractivity contribution in [1.82, 2.24) is 0 Å². The second kappa shape index (κ2) is 10.8. The molecule has 244 valence electrons. The van der Waals surface area contributed by atoms with E-state index in [0.717, 1.165) is 0 Å². The fourth-order valence-electron chi connectivity index (χ4n) is 10.0. The smallest absolute Gasteiger partial charge is 0.247 e. The van der Waals surface area contributed by atoms with Gasteiger partial charge >= 0.3 is 0 Å². The molecular formula is C48H36B2N2. The Morgan fingerprint density at radius 1 is 0.327 bits per heavy atom. The third-order valence-electron chi connectivity index (χ3n) is 12.2. The molecule has 8 aromatic rings. The van der Waals surface area contributed by atoms with Crippen LogP contribution in [0.25, 0.3) is 21.5 Å². The first-order valence-corrected chi connectivity index (χ1v) is 18.5. The number of nitrogens with zero attached hydrogens (tertiary/aromatic N) is 2. The van der Waals surface area contributed by atoms with Gasteiger partial charge in [-0.1, -0.05) is 155 Å². The van der Waals surface area contributed by atoms with E-state index in [4.69, 9.17) is 0 Å². The van der Waals surface area contributed by atoms with Crippen LogP contribution in [-0.2, 0) is 0 Å². The third-order valence-corrected chi connectivity index (χ3v) is 12.2. The summed E-state index contributed by atoms with van der Waals surface area (Å²) >= 11 is 0. The van der Waals surface area contributed by atoms with E-state index in [0.29, 0.717) is 0 Å². The van der Waals surface area contributed by atoms with E-state index in [9.17, 15) is 0 Å². The summed E-state index contributed by atoms with van der Waals surface area (Å²) in [5, 5.41) is 5.09. The first-order chi connectivity index (χ1) is 25.5. The van der Waals surface area contributed by atoms with E-state index in [2.05, 4.69) is 183 Å². The maximum Gasteiger partial charge on any atom is 0.247 e. The Kier molecular flexibility index (Phi) is 6.15. The van der Waals surface area contributed by atoms with Gasteiger partial charge < -0.3 is 9.80 Å². The molecule has 0 saturated heterocycles. The van der Waals surface area contributed by atoms with Crippen molar-refractivity contribution in [3.63, 3.8) is 0 Å². The molecule has 0 bridgehead atoms. The minimum Gasteiger partial charge on any atom is -0.307 e. The van der Waals surface area contributed by atoms with Gasteiger partial charge in [-0.25, -0.2) is 0 Å². The highest BCUT2D eigenvalue weighted by Gasteiger charge is 2.46. The van der Waals surface area contributed by atoms with Crippen LogP contribution >= 0.6 is 0 Å². The van der Waals surface area contributed by atoms with Gasteiger partial charge in [-0.3, -0.25) is 0 Å². The van der Waals surface area contributed by atoms with E-state index in [1.165, 1.54) is 111 Å². The van der Waals surface area contributed by atoms with Gasteiger partial charge in [0.25, 0.3) is 0 Å². The van der Waals surface area contributed by atoms with Gasteiger partial charge in [0.05, 0.1) is 22.7 Å². The van der Waals surface area contributed by atoms with E-state index in [-0.39, 0.29) is 13.4 Å². The highest BCUT2D eigenvalue weighted by Crippen LogP contribution is 2.55. The average molecular weight is 662 g/mol. The Morgan fingerprint density at radius 3 is 1.06 bits per heavy atom. The summed E-state index contributed by atoms with van der Waals surface area (Å²) in [5.41, 5.74) is 21.2. The fraction of sp³-hybridized carbons (Fsp3) is 0.0833. The lowest BCUT2D eigenvalue weighted by molar-refractivity contribution is 1.18. The molecule has 0 spiro atoms. The van der Waals surface area contributed by atoms with Gasteiger partial charge in [-0.2, -0.15) is 0 Å². The molecule has 52 heavy (non-hydrogen) atoms. The predicted molar refractivity (Wildman–Crippen MR) is 226 cm³/mol. The summed E-state index contributed by atoms with van der Waals surface area (Å²) in [7, 11) is 0. The monoisotopic (exact) mass is 662 g/mol. The summed E-state index contributed by atoms with van der Waals surface area (Å²) in [6.07, 6.45) is 0. The summed E-state index contributed by atoms with van der Waals surface area (Å²) in [5.74, 6) is 0. The first kappa shape index (κ1) is 29.7. The molecule has 0 fully saturated rings. The van der Waals surface area contributed by atoms with Crippen LogP contribution in [0.4, 0.5) is 34.1 Å². The van der Waals surface area contributed by atoms with Crippen LogP contribution in [-0.4, -0.2) is 13.4 Å². The normalized spacial score (nSPS) is 13.6. The topological polar surface area (TPSA) is 6.48 Å². The SMILES string of the molecule is Cc1cccc(C)c1B1c2cc3ccccc3cc2N2c3cccc4c3N(c3cc5ccccc5cc3B4c3c(C)cccc3C)c3cccc1c32. The standard InChI is InChI=1S/C48H36B2N2/c1-29-13-9-14-30(2)45(29)49-37-21-11-23-41-47(37)51(43-27-35-19-7-5-17-33(35)25-39(43)49)42-24-12-22-38-48(42)52(41)44-28-36-20-8-6-18-34(36)26-40(44)50(38)46-31(3)15-10-16-32(46)4/h5-28H,1-4H3. The van der Waals surface area contributed by atoms with Crippen molar-refractivity contribution >= 4 is 102 Å². The molecule has 0 atom stereocenters. The van der Waals surface area contributed by atoms with Crippen LogP contribution in [0, 0.1) is 27.7 Å². The van der Waals surface area contributed by atoms with Crippen molar-refractivity contribution < 1.29 is 0 Å². The molecular weight excluding hydrogens is 626 g/mol. The summed E-state index contributed by atoms with van der Waals surface area (Å²) in [4.78, 5) is 5.22. The number of rotatable bonds is 2. The molecule has 3 heterocycles. The molecule has 0 aromatic heterocycles. The maximum absolute atomic E-state index is 2.61. The molecule has 0 unspecified atom stereocenters. The lowest BCUT2D eigenvalue weighted by atomic mass is 9.33. The van der Waals surface area contributed by atoms with Crippen molar-refractivity contribution in [2.75, 3.05) is 9.80 Å². The number of para-hydroxylation sites is 2. The number of fused-ring (bicyclic) bond motifs is 8. The van der Waals surface area contributed by atoms with Crippen LogP contribution in [0.3, 0.4) is 0 Å². The van der Waals surface area contributed by atoms with Crippen molar-refractivity contribution in [3.05, 3.63) is 168 Å². The molecule has 11 rings (SSSR count). The number of anilines is 6. The van der Waals surface area contributed by atoms with Crippen LogP contribution < -0.4 is 42.6 Å². The van der Waals surface area contributed by atoms with Gasteiger partial charge in [0.2, 0.25) is 13.4 Å². The molecule has 4 heteroatoms. The lowest BCUT2D eigenvalue weighted by Crippen LogP contribution is -2.61. The Labute approximate surface area is 306 Å². The molecule has 0 radical (unpaired) electrons. The Morgan fingerprint density at radius 2 is 0.673 bits per heavy atom. The zero-order chi connectivity index (χ0) is 34.8. The van der Waals surface area contributed by atoms with Crippen LogP contribution in [0.15, 0.2) is 146 Å². The Bertz CT molecular complexity index is 2600. The molecule has 0 saturated carbocycles. The van der Waals surface area contributed by atoms with Crippen molar-refractivity contribution in [3.8, 4) is 0 Å². The highest BCUT2D eigenvalue weighted by molar-refractivity contribution is 7.00. The average Bonchev–Trinajstić information content (AvgIpc) is 3.15. The van der Waals surface area contributed by atoms with E-state index in [1.54, 1.807) is 0 Å². The highest BCUT2D eigenvalue weighted by atomic mass is 15.3. The molecule has 0 amide bonds. The predicted octanol–water partition coefficient (Wildman–Crippen LogP) is 8.14. The Hall–Kier alpha value is -5.99. The summed E-state index contributed by atoms with van der Waals surface area (Å²) in [6.45, 7) is 9.33. The van der Waals surface area contributed by atoms with E-state index >= 15 is 0 Å². The van der Waals surface area contributed by atoms with Gasteiger partial charge in [0.15, 0.2) is 0 Å². The maximum atomic E-state index is 2.61. The zero-order valence-corrected chi connectivity index (χ0v) is 29.9. The molecule has 0 aliphatic carbocycles. The third kappa shape index (κ3) is 3.93. The second-order valence-electron chi connectivity index (χ2n) is 15.1. The minimum atomic E-state index is 0.0972. The summed E-state index contributed by atoms with van der Waals surface area (Å²) in [6, 6.07) is 55.2. The Balaban J connectivity index is 1.29. The van der Waals surface area contributed by atoms with Gasteiger partial charge in [0, 0.05) is 11.4 Å². The van der Waals surface area contributed by atoms with E-state index < -0.39 is 0 Å². The minimum absolute atomic E-state index is 0.0972.